The van der Waals surface area contributed by atoms with Gasteiger partial charge in [0.1, 0.15) is 0 Å². The van der Waals surface area contributed by atoms with Gasteiger partial charge in [0.2, 0.25) is 0 Å². The van der Waals surface area contributed by atoms with Crippen molar-refractivity contribution in [2.75, 3.05) is 0 Å². The maximum absolute atomic E-state index is 11.9. The maximum atomic E-state index is 11.9. The predicted molar refractivity (Wildman–Crippen MR) is 69.7 cm³/mol. The quantitative estimate of drug-likeness (QED) is 0.609. The molecule has 17 heavy (non-hydrogen) atoms. The van der Waals surface area contributed by atoms with Gasteiger partial charge in [0.15, 0.2) is 5.78 Å². The molecule has 0 unspecified atom stereocenters. The molecule has 1 nitrogen and oxygen atoms in total. The zero-order valence-corrected chi connectivity index (χ0v) is 11.4. The van der Waals surface area contributed by atoms with Crippen LogP contribution in [0.25, 0.3) is 0 Å². The van der Waals surface area contributed by atoms with Gasteiger partial charge in [-0.25, -0.2) is 0 Å². The zero-order valence-electron chi connectivity index (χ0n) is 11.4. The van der Waals surface area contributed by atoms with Crippen LogP contribution in [0.4, 0.5) is 0 Å². The van der Waals surface area contributed by atoms with Crippen molar-refractivity contribution in [3.63, 3.8) is 0 Å². The molecule has 0 amide bonds. The standard InChI is InChI=1S/C16H24O/c1-15(2)7-4-8-16(3)10-11-5-6-13(17)12(11)9-14(15)16/h14H,4-10H2,1-3H3/t14-,16+/m0/s1. The minimum atomic E-state index is 0.425. The summed E-state index contributed by atoms with van der Waals surface area (Å²) in [4.78, 5) is 11.9. The van der Waals surface area contributed by atoms with Crippen LogP contribution in [-0.4, -0.2) is 5.78 Å². The fraction of sp³-hybridized carbons (Fsp3) is 0.812. The van der Waals surface area contributed by atoms with Crippen LogP contribution in [0.2, 0.25) is 0 Å². The lowest BCUT2D eigenvalue weighted by atomic mass is 9.51. The van der Waals surface area contributed by atoms with Crippen LogP contribution in [-0.2, 0) is 4.79 Å². The molecule has 0 radical (unpaired) electrons. The highest BCUT2D eigenvalue weighted by atomic mass is 16.1. The second kappa shape index (κ2) is 3.46. The lowest BCUT2D eigenvalue weighted by Crippen LogP contribution is -2.44. The predicted octanol–water partition coefficient (Wildman–Crippen LogP) is 4.27. The van der Waals surface area contributed by atoms with Crippen LogP contribution in [0, 0.1) is 16.7 Å². The SMILES string of the molecule is CC1(C)CCC[C@]2(C)CC3=C(C[C@@H]12)C(=O)CC3. The number of Topliss-reactive ketones (excluding diaryl/α,β-unsaturated/α-hetero) is 1. The van der Waals surface area contributed by atoms with Crippen molar-refractivity contribution in [3.05, 3.63) is 11.1 Å². The molecule has 3 rings (SSSR count). The minimum Gasteiger partial charge on any atom is -0.295 e. The topological polar surface area (TPSA) is 17.1 Å². The number of allylic oxidation sites excluding steroid dienone is 2. The maximum Gasteiger partial charge on any atom is 0.159 e. The summed E-state index contributed by atoms with van der Waals surface area (Å²) in [6.45, 7) is 7.31. The Hall–Kier alpha value is -0.590. The third-order valence-electron chi connectivity index (χ3n) is 5.80. The summed E-state index contributed by atoms with van der Waals surface area (Å²) >= 11 is 0. The molecule has 0 aromatic carbocycles. The Bertz CT molecular complexity index is 402. The van der Waals surface area contributed by atoms with E-state index >= 15 is 0 Å². The first-order valence-corrected chi connectivity index (χ1v) is 7.16. The Morgan fingerprint density at radius 1 is 1.12 bits per heavy atom. The summed E-state index contributed by atoms with van der Waals surface area (Å²) in [7, 11) is 0. The van der Waals surface area contributed by atoms with Gasteiger partial charge >= 0.3 is 0 Å². The summed E-state index contributed by atoms with van der Waals surface area (Å²) in [6.07, 6.45) is 8.23. The van der Waals surface area contributed by atoms with Crippen molar-refractivity contribution < 1.29 is 4.79 Å². The van der Waals surface area contributed by atoms with Gasteiger partial charge in [0, 0.05) is 6.42 Å². The average Bonchev–Trinajstić information content (AvgIpc) is 2.56. The molecule has 0 bridgehead atoms. The third-order valence-corrected chi connectivity index (χ3v) is 5.80. The number of hydrogen-bond donors (Lipinski definition) is 0. The van der Waals surface area contributed by atoms with Gasteiger partial charge in [-0.15, -0.1) is 0 Å². The van der Waals surface area contributed by atoms with Crippen LogP contribution in [0.1, 0.15) is 65.7 Å². The van der Waals surface area contributed by atoms with Crippen LogP contribution in [0.15, 0.2) is 11.1 Å². The Balaban J connectivity index is 1.99. The summed E-state index contributed by atoms with van der Waals surface area (Å²) in [5.74, 6) is 1.19. The summed E-state index contributed by atoms with van der Waals surface area (Å²) in [5.41, 5.74) is 3.66. The molecule has 0 aromatic heterocycles. The van der Waals surface area contributed by atoms with Gasteiger partial charge in [-0.2, -0.15) is 0 Å². The van der Waals surface area contributed by atoms with Crippen molar-refractivity contribution in [1.82, 2.24) is 0 Å². The lowest BCUT2D eigenvalue weighted by molar-refractivity contribution is -0.115. The monoisotopic (exact) mass is 232 g/mol. The number of carbonyl (C=O) groups excluding carboxylic acids is 1. The lowest BCUT2D eigenvalue weighted by Gasteiger charge is -2.53. The van der Waals surface area contributed by atoms with Crippen molar-refractivity contribution in [2.24, 2.45) is 16.7 Å². The number of ketones is 1. The van der Waals surface area contributed by atoms with E-state index < -0.39 is 0 Å². The molecule has 0 saturated heterocycles. The van der Waals surface area contributed by atoms with Crippen molar-refractivity contribution in [3.8, 4) is 0 Å². The molecular weight excluding hydrogens is 208 g/mol. The van der Waals surface area contributed by atoms with E-state index in [9.17, 15) is 4.79 Å². The number of carbonyl (C=O) groups is 1. The van der Waals surface area contributed by atoms with Crippen LogP contribution in [0.3, 0.4) is 0 Å². The normalized spacial score (nSPS) is 40.2. The van der Waals surface area contributed by atoms with Gasteiger partial charge in [-0.3, -0.25) is 4.79 Å². The number of rotatable bonds is 0. The van der Waals surface area contributed by atoms with Gasteiger partial charge in [-0.05, 0) is 54.4 Å². The first-order chi connectivity index (χ1) is 7.92. The second-order valence-corrected chi connectivity index (χ2v) is 7.43. The molecule has 1 heteroatoms. The minimum absolute atomic E-state index is 0.425. The van der Waals surface area contributed by atoms with E-state index in [0.29, 0.717) is 16.6 Å². The molecule has 3 aliphatic carbocycles. The van der Waals surface area contributed by atoms with Crippen LogP contribution < -0.4 is 0 Å². The highest BCUT2D eigenvalue weighted by Gasteiger charge is 2.50. The average molecular weight is 232 g/mol. The Morgan fingerprint density at radius 2 is 1.88 bits per heavy atom. The largest absolute Gasteiger partial charge is 0.295 e. The van der Waals surface area contributed by atoms with E-state index in [0.717, 1.165) is 25.2 Å². The smallest absolute Gasteiger partial charge is 0.159 e. The van der Waals surface area contributed by atoms with Gasteiger partial charge in [0.25, 0.3) is 0 Å². The summed E-state index contributed by atoms with van der Waals surface area (Å²) in [5, 5.41) is 0. The molecular formula is C16H24O. The molecule has 3 aliphatic rings. The second-order valence-electron chi connectivity index (χ2n) is 7.43. The highest BCUT2D eigenvalue weighted by Crippen LogP contribution is 2.60. The third kappa shape index (κ3) is 1.62. The molecule has 0 heterocycles. The molecule has 94 valence electrons. The Labute approximate surface area is 105 Å². The summed E-state index contributed by atoms with van der Waals surface area (Å²) in [6, 6.07) is 0. The van der Waals surface area contributed by atoms with E-state index in [2.05, 4.69) is 20.8 Å². The van der Waals surface area contributed by atoms with E-state index in [1.165, 1.54) is 36.8 Å². The van der Waals surface area contributed by atoms with E-state index in [-0.39, 0.29) is 0 Å². The molecule has 2 atom stereocenters. The first-order valence-electron chi connectivity index (χ1n) is 7.16. The molecule has 1 saturated carbocycles. The summed E-state index contributed by atoms with van der Waals surface area (Å²) < 4.78 is 0. The van der Waals surface area contributed by atoms with Gasteiger partial charge in [-0.1, -0.05) is 32.8 Å². The first kappa shape index (κ1) is 11.5. The van der Waals surface area contributed by atoms with Crippen LogP contribution in [0.5, 0.6) is 0 Å². The van der Waals surface area contributed by atoms with Crippen molar-refractivity contribution in [2.45, 2.75) is 65.7 Å². The van der Waals surface area contributed by atoms with E-state index in [1.54, 1.807) is 0 Å². The van der Waals surface area contributed by atoms with Crippen LogP contribution >= 0.6 is 0 Å². The van der Waals surface area contributed by atoms with Gasteiger partial charge < -0.3 is 0 Å². The van der Waals surface area contributed by atoms with E-state index in [1.807, 2.05) is 0 Å². The van der Waals surface area contributed by atoms with Crippen molar-refractivity contribution in [1.29, 1.82) is 0 Å². The fourth-order valence-corrected chi connectivity index (χ4v) is 4.88. The molecule has 0 aliphatic heterocycles. The highest BCUT2D eigenvalue weighted by molar-refractivity contribution is 5.99. The number of fused-ring (bicyclic) bond motifs is 1. The Morgan fingerprint density at radius 3 is 2.65 bits per heavy atom. The molecule has 0 aromatic rings. The molecule has 0 spiro atoms. The zero-order chi connectivity index (χ0) is 12.3. The van der Waals surface area contributed by atoms with Crippen molar-refractivity contribution >= 4 is 5.78 Å². The Kier molecular flexibility index (Phi) is 2.34. The van der Waals surface area contributed by atoms with E-state index in [4.69, 9.17) is 0 Å². The van der Waals surface area contributed by atoms with Gasteiger partial charge in [0.05, 0.1) is 0 Å². The molecule has 0 N–H and O–H groups in total. The fourth-order valence-electron chi connectivity index (χ4n) is 4.88. The number of hydrogen-bond acceptors (Lipinski definition) is 1. The molecule has 1 fully saturated rings.